The van der Waals surface area contributed by atoms with E-state index in [-0.39, 0.29) is 37.1 Å². The summed E-state index contributed by atoms with van der Waals surface area (Å²) in [4.78, 5) is 14.7. The number of rotatable bonds is 4. The molecule has 41 heavy (non-hydrogen) atoms. The zero-order valence-corrected chi connectivity index (χ0v) is 27.0. The second kappa shape index (κ2) is 13.2. The number of furan rings is 1. The number of benzene rings is 3. The summed E-state index contributed by atoms with van der Waals surface area (Å²) in [6.45, 7) is 13.9. The van der Waals surface area contributed by atoms with Crippen LogP contribution in [0.15, 0.2) is 95.2 Å². The van der Waals surface area contributed by atoms with Gasteiger partial charge in [-0.2, -0.15) is 0 Å². The molecule has 2 heterocycles. The average Bonchev–Trinajstić information content (AvgIpc) is 3.30. The molecule has 5 aromatic rings. The third kappa shape index (κ3) is 7.91. The van der Waals surface area contributed by atoms with Crippen molar-refractivity contribution in [1.29, 1.82) is 0 Å². The van der Waals surface area contributed by atoms with Crippen LogP contribution in [0.5, 0.6) is 0 Å². The Bertz CT molecular complexity index is 1660. The molecule has 1 N–H and O–H groups in total. The van der Waals surface area contributed by atoms with E-state index in [0.717, 1.165) is 33.6 Å². The number of pyridine rings is 1. The van der Waals surface area contributed by atoms with E-state index in [0.29, 0.717) is 0 Å². The van der Waals surface area contributed by atoms with Gasteiger partial charge in [0.1, 0.15) is 5.76 Å². The van der Waals surface area contributed by atoms with Gasteiger partial charge in [-0.25, -0.2) is 0 Å². The molecule has 0 atom stereocenters. The summed E-state index contributed by atoms with van der Waals surface area (Å²) < 4.78 is 6.25. The van der Waals surface area contributed by atoms with E-state index in [9.17, 15) is 4.79 Å². The normalized spacial score (nSPS) is 11.4. The van der Waals surface area contributed by atoms with Crippen molar-refractivity contribution >= 4 is 16.8 Å². The fourth-order valence-electron chi connectivity index (χ4n) is 4.72. The summed E-state index contributed by atoms with van der Waals surface area (Å²) in [5, 5.41) is 9.41. The average molecular weight is 723 g/mol. The van der Waals surface area contributed by atoms with Gasteiger partial charge >= 0.3 is 0 Å². The van der Waals surface area contributed by atoms with E-state index in [1.54, 1.807) is 0 Å². The van der Waals surface area contributed by atoms with Gasteiger partial charge in [0.15, 0.2) is 11.4 Å². The van der Waals surface area contributed by atoms with Crippen LogP contribution in [0.2, 0.25) is 0 Å². The Labute approximate surface area is 256 Å². The topological polar surface area (TPSA) is 63.3 Å². The fraction of sp³-hybridized carbons (Fsp3) is 0.222. The molecule has 0 aliphatic rings. The van der Waals surface area contributed by atoms with Gasteiger partial charge in [-0.05, 0) is 67.1 Å². The molecule has 5 rings (SSSR count). The maximum atomic E-state index is 10.0. The molecule has 5 heteroatoms. The molecule has 3 aromatic carbocycles. The number of allylic oxidation sites excluding steroid dienone is 2. The van der Waals surface area contributed by atoms with E-state index in [2.05, 4.69) is 106 Å². The van der Waals surface area contributed by atoms with E-state index >= 15 is 0 Å². The summed E-state index contributed by atoms with van der Waals surface area (Å²) in [6, 6.07) is 28.7. The summed E-state index contributed by atoms with van der Waals surface area (Å²) >= 11 is 0. The van der Waals surface area contributed by atoms with Gasteiger partial charge < -0.3 is 14.5 Å². The van der Waals surface area contributed by atoms with Crippen molar-refractivity contribution in [3.8, 4) is 33.7 Å². The Morgan fingerprint density at radius 3 is 2.15 bits per heavy atom. The van der Waals surface area contributed by atoms with Gasteiger partial charge in [0.25, 0.3) is 0 Å². The molecule has 1 radical (unpaired) electrons. The fourth-order valence-corrected chi connectivity index (χ4v) is 4.72. The number of hydrogen-bond acceptors (Lipinski definition) is 4. The molecule has 0 amide bonds. The first-order chi connectivity index (χ1) is 18.9. The molecule has 0 saturated carbocycles. The Hall–Kier alpha value is -3.79. The van der Waals surface area contributed by atoms with Crippen molar-refractivity contribution in [2.24, 2.45) is 0 Å². The molecule has 0 spiro atoms. The Kier molecular flexibility index (Phi) is 10.3. The van der Waals surface area contributed by atoms with E-state index in [4.69, 9.17) is 9.52 Å². The molecule has 0 aliphatic carbocycles. The van der Waals surface area contributed by atoms with Gasteiger partial charge in [-0.1, -0.05) is 69.3 Å². The van der Waals surface area contributed by atoms with Crippen LogP contribution < -0.4 is 0 Å². The largest absolute Gasteiger partial charge is 0.512 e. The maximum Gasteiger partial charge on any atom is 0.155 e. The third-order valence-corrected chi connectivity index (χ3v) is 6.65. The first kappa shape index (κ1) is 31.7. The van der Waals surface area contributed by atoms with E-state index in [1.807, 2.05) is 18.3 Å². The second-order valence-corrected chi connectivity index (χ2v) is 11.2. The number of aryl methyl sites for hydroxylation is 2. The quantitative estimate of drug-likeness (QED) is 0.114. The van der Waals surface area contributed by atoms with Crippen LogP contribution in [-0.2, 0) is 30.3 Å². The predicted molar refractivity (Wildman–Crippen MR) is 164 cm³/mol. The number of ketones is 1. The Balaban J connectivity index is 0.000000516. The Morgan fingerprint density at radius 1 is 0.927 bits per heavy atom. The number of carbonyl (C=O) groups is 1. The van der Waals surface area contributed by atoms with Crippen LogP contribution in [0, 0.1) is 19.9 Å². The van der Waals surface area contributed by atoms with Crippen LogP contribution in [0.25, 0.3) is 44.7 Å². The molecule has 0 bridgehead atoms. The smallest absolute Gasteiger partial charge is 0.155 e. The minimum Gasteiger partial charge on any atom is -0.512 e. The number of nitrogens with zero attached hydrogens (tertiary/aromatic N) is 1. The minimum atomic E-state index is -0.125. The molecule has 213 valence electrons. The molecule has 0 saturated heterocycles. The number of aromatic nitrogens is 1. The predicted octanol–water partition coefficient (Wildman–Crippen LogP) is 9.58. The Morgan fingerprint density at radius 2 is 1.59 bits per heavy atom. The van der Waals surface area contributed by atoms with Gasteiger partial charge in [0.05, 0.1) is 12.0 Å². The molecular weight excluding hydrogens is 687 g/mol. The van der Waals surface area contributed by atoms with Crippen LogP contribution in [0.1, 0.15) is 51.3 Å². The molecule has 2 aromatic heterocycles. The number of aliphatic hydroxyl groups is 1. The third-order valence-electron chi connectivity index (χ3n) is 6.65. The number of hydrogen-bond donors (Lipinski definition) is 1. The standard InChI is InChI=1S/C31H28NO.C5H8O2.Ir/c1-20-14-26(31(3,4)5)15-21(2)30(20)28-18-25-17-27(32-19-29(25)33-28)24-13-9-12-23(16-24)22-10-7-6-8-11-22;1-4(6)3-5(2)7;/h6-12,14-19H,1-5H3;3,6H,1-2H3;/q-1;;/b;4-3-;. The van der Waals surface area contributed by atoms with Gasteiger partial charge in [0, 0.05) is 37.1 Å². The first-order valence-electron chi connectivity index (χ1n) is 13.4. The minimum absolute atomic E-state index is 0. The molecular formula is C36H36IrNO3-. The van der Waals surface area contributed by atoms with Crippen molar-refractivity contribution in [2.45, 2.75) is 53.9 Å². The maximum absolute atomic E-state index is 10.0. The SMILES string of the molecule is CC(=O)/C=C(/C)O.Cc1cc(C(C)(C)C)cc(C)c1-c1cc2cc(-c3[c-]ccc(-c4ccccc4)c3)ncc2o1.[Ir]. The van der Waals surface area contributed by atoms with Crippen LogP contribution >= 0.6 is 0 Å². The monoisotopic (exact) mass is 723 g/mol. The van der Waals surface area contributed by atoms with Crippen molar-refractivity contribution < 1.29 is 34.4 Å². The number of carbonyl (C=O) groups excluding carboxylic acids is 1. The molecule has 0 fully saturated rings. The summed E-state index contributed by atoms with van der Waals surface area (Å²) in [7, 11) is 0. The van der Waals surface area contributed by atoms with Crippen molar-refractivity contribution in [3.63, 3.8) is 0 Å². The van der Waals surface area contributed by atoms with Crippen LogP contribution in [0.3, 0.4) is 0 Å². The number of fused-ring (bicyclic) bond motifs is 1. The van der Waals surface area contributed by atoms with Crippen LogP contribution in [0.4, 0.5) is 0 Å². The van der Waals surface area contributed by atoms with E-state index < -0.39 is 0 Å². The summed E-state index contributed by atoms with van der Waals surface area (Å²) in [5.74, 6) is 0.828. The first-order valence-corrected chi connectivity index (χ1v) is 13.4. The zero-order valence-electron chi connectivity index (χ0n) is 24.6. The van der Waals surface area contributed by atoms with Crippen molar-refractivity contribution in [1.82, 2.24) is 4.98 Å². The molecule has 0 aliphatic heterocycles. The van der Waals surface area contributed by atoms with Gasteiger partial charge in [-0.15, -0.1) is 35.4 Å². The summed E-state index contributed by atoms with van der Waals surface area (Å²) in [6.07, 6.45) is 2.99. The molecule has 4 nitrogen and oxygen atoms in total. The molecule has 0 unspecified atom stereocenters. The zero-order chi connectivity index (χ0) is 29.0. The summed E-state index contributed by atoms with van der Waals surface area (Å²) in [5.41, 5.74) is 10.1. The van der Waals surface area contributed by atoms with E-state index in [1.165, 1.54) is 47.7 Å². The van der Waals surface area contributed by atoms with Crippen LogP contribution in [-0.4, -0.2) is 15.9 Å². The van der Waals surface area contributed by atoms with Gasteiger partial charge in [0.2, 0.25) is 0 Å². The van der Waals surface area contributed by atoms with Crippen molar-refractivity contribution in [2.75, 3.05) is 0 Å². The van der Waals surface area contributed by atoms with Crippen molar-refractivity contribution in [3.05, 3.63) is 114 Å². The second-order valence-electron chi connectivity index (χ2n) is 11.2. The number of aliphatic hydroxyl groups excluding tert-OH is 1. The van der Waals surface area contributed by atoms with Gasteiger partial charge in [-0.3, -0.25) is 4.79 Å².